The molecule has 1 aliphatic rings. The highest BCUT2D eigenvalue weighted by molar-refractivity contribution is 7.89. The fraction of sp³-hybridized carbons (Fsp3) is 0.600. The monoisotopic (exact) mass is 410 g/mol. The Labute approximate surface area is 167 Å². The van der Waals surface area contributed by atoms with Gasteiger partial charge in [0.25, 0.3) is 0 Å². The molecule has 0 radical (unpaired) electrons. The molecular formula is C20H30N2O5S. The molecule has 2 rings (SSSR count). The molecule has 0 saturated carbocycles. The van der Waals surface area contributed by atoms with Crippen molar-refractivity contribution in [2.24, 2.45) is 5.92 Å². The highest BCUT2D eigenvalue weighted by Gasteiger charge is 2.26. The lowest BCUT2D eigenvalue weighted by Crippen LogP contribution is -2.43. The number of amides is 1. The van der Waals surface area contributed by atoms with Crippen molar-refractivity contribution in [2.75, 3.05) is 20.2 Å². The Bertz CT molecular complexity index is 768. The van der Waals surface area contributed by atoms with Gasteiger partial charge in [-0.15, -0.1) is 0 Å². The van der Waals surface area contributed by atoms with Gasteiger partial charge in [-0.05, 0) is 42.9 Å². The van der Waals surface area contributed by atoms with Gasteiger partial charge in [0.2, 0.25) is 15.9 Å². The minimum absolute atomic E-state index is 0.0651. The summed E-state index contributed by atoms with van der Waals surface area (Å²) in [6.07, 6.45) is 3.38. The number of carbonyl (C=O) groups excluding carboxylic acids is 2. The second kappa shape index (κ2) is 10.0. The summed E-state index contributed by atoms with van der Waals surface area (Å²) in [5, 5.41) is 2.70. The standard InChI is InChI=1S/C20H30N2O5S/c1-15(2)13-18(20(24)27-3)21-19(23)14-16-7-9-17(10-8-16)28(25,26)22-11-5-4-6-12-22/h7-10,15,18H,4-6,11-14H2,1-3H3,(H,21,23)/t18-/m0/s1. The number of carbonyl (C=O) groups is 2. The fourth-order valence-electron chi connectivity index (χ4n) is 3.29. The summed E-state index contributed by atoms with van der Waals surface area (Å²) in [7, 11) is -2.19. The maximum atomic E-state index is 12.7. The van der Waals surface area contributed by atoms with Gasteiger partial charge in [-0.3, -0.25) is 4.79 Å². The molecule has 156 valence electrons. The van der Waals surface area contributed by atoms with E-state index in [-0.39, 0.29) is 23.1 Å². The van der Waals surface area contributed by atoms with E-state index in [0.29, 0.717) is 25.1 Å². The largest absolute Gasteiger partial charge is 0.467 e. The van der Waals surface area contributed by atoms with Crippen molar-refractivity contribution in [3.8, 4) is 0 Å². The van der Waals surface area contributed by atoms with Gasteiger partial charge in [0, 0.05) is 13.1 Å². The quantitative estimate of drug-likeness (QED) is 0.663. The topological polar surface area (TPSA) is 92.8 Å². The number of nitrogens with zero attached hydrogens (tertiary/aromatic N) is 1. The van der Waals surface area contributed by atoms with Crippen LogP contribution in [0, 0.1) is 5.92 Å². The first kappa shape index (κ1) is 22.4. The first-order valence-electron chi connectivity index (χ1n) is 9.70. The van der Waals surface area contributed by atoms with Gasteiger partial charge in [0.15, 0.2) is 0 Å². The zero-order valence-electron chi connectivity index (χ0n) is 16.8. The molecule has 1 aromatic rings. The Kier molecular flexibility index (Phi) is 8.00. The van der Waals surface area contributed by atoms with Crippen LogP contribution >= 0.6 is 0 Å². The molecule has 1 aliphatic heterocycles. The van der Waals surface area contributed by atoms with Crippen molar-refractivity contribution in [3.05, 3.63) is 29.8 Å². The summed E-state index contributed by atoms with van der Waals surface area (Å²) in [6, 6.07) is 5.69. The molecule has 0 unspecified atom stereocenters. The molecule has 8 heteroatoms. The van der Waals surface area contributed by atoms with Crippen LogP contribution in [-0.2, 0) is 30.8 Å². The van der Waals surface area contributed by atoms with Crippen LogP contribution in [0.3, 0.4) is 0 Å². The average Bonchev–Trinajstić information content (AvgIpc) is 2.67. The van der Waals surface area contributed by atoms with Gasteiger partial charge in [-0.1, -0.05) is 32.4 Å². The summed E-state index contributed by atoms with van der Waals surface area (Å²) in [4.78, 5) is 24.4. The molecule has 28 heavy (non-hydrogen) atoms. The third-order valence-corrected chi connectivity index (χ3v) is 6.68. The van der Waals surface area contributed by atoms with Crippen LogP contribution < -0.4 is 5.32 Å². The Hall–Kier alpha value is -1.93. The van der Waals surface area contributed by atoms with Gasteiger partial charge in [-0.25, -0.2) is 13.2 Å². The van der Waals surface area contributed by atoms with Crippen LogP contribution in [0.5, 0.6) is 0 Å². The van der Waals surface area contributed by atoms with E-state index < -0.39 is 22.0 Å². The highest BCUT2D eigenvalue weighted by atomic mass is 32.2. The SMILES string of the molecule is COC(=O)[C@H](CC(C)C)NC(=O)Cc1ccc(S(=O)(=O)N2CCCCC2)cc1. The summed E-state index contributed by atoms with van der Waals surface area (Å²) >= 11 is 0. The molecular weight excluding hydrogens is 380 g/mol. The molecule has 0 spiro atoms. The Morgan fingerprint density at radius 1 is 1.11 bits per heavy atom. The lowest BCUT2D eigenvalue weighted by molar-refractivity contribution is -0.145. The van der Waals surface area contributed by atoms with E-state index in [9.17, 15) is 18.0 Å². The van der Waals surface area contributed by atoms with E-state index >= 15 is 0 Å². The molecule has 1 amide bonds. The van der Waals surface area contributed by atoms with E-state index in [4.69, 9.17) is 4.74 Å². The number of hydrogen-bond donors (Lipinski definition) is 1. The van der Waals surface area contributed by atoms with Gasteiger partial charge >= 0.3 is 5.97 Å². The first-order chi connectivity index (χ1) is 13.2. The summed E-state index contributed by atoms with van der Waals surface area (Å²) < 4.78 is 31.6. The van der Waals surface area contributed by atoms with Crippen LogP contribution in [0.25, 0.3) is 0 Å². The second-order valence-corrected chi connectivity index (χ2v) is 9.50. The molecule has 0 aromatic heterocycles. The maximum absolute atomic E-state index is 12.7. The fourth-order valence-corrected chi connectivity index (χ4v) is 4.81. The van der Waals surface area contributed by atoms with Crippen LogP contribution in [-0.4, -0.2) is 50.8 Å². The number of piperidine rings is 1. The molecule has 7 nitrogen and oxygen atoms in total. The normalized spacial score (nSPS) is 16.6. The molecule has 1 aromatic carbocycles. The molecule has 0 aliphatic carbocycles. The number of nitrogens with one attached hydrogen (secondary N) is 1. The predicted octanol–water partition coefficient (Wildman–Crippen LogP) is 2.11. The molecule has 1 N–H and O–H groups in total. The Morgan fingerprint density at radius 2 is 1.71 bits per heavy atom. The second-order valence-electron chi connectivity index (χ2n) is 7.56. The van der Waals surface area contributed by atoms with Gasteiger partial charge in [0.05, 0.1) is 18.4 Å². The van der Waals surface area contributed by atoms with Crippen molar-refractivity contribution in [3.63, 3.8) is 0 Å². The predicted molar refractivity (Wildman–Crippen MR) is 106 cm³/mol. The number of rotatable bonds is 8. The van der Waals surface area contributed by atoms with Crippen molar-refractivity contribution in [1.82, 2.24) is 9.62 Å². The van der Waals surface area contributed by atoms with Crippen LogP contribution in [0.1, 0.15) is 45.1 Å². The van der Waals surface area contributed by atoms with Gasteiger partial charge < -0.3 is 10.1 Å². The van der Waals surface area contributed by atoms with Crippen molar-refractivity contribution >= 4 is 21.9 Å². The minimum Gasteiger partial charge on any atom is -0.467 e. The summed E-state index contributed by atoms with van der Waals surface area (Å²) in [5.74, 6) is -0.545. The van der Waals surface area contributed by atoms with E-state index in [0.717, 1.165) is 19.3 Å². The smallest absolute Gasteiger partial charge is 0.328 e. The first-order valence-corrected chi connectivity index (χ1v) is 11.1. The number of esters is 1. The zero-order valence-corrected chi connectivity index (χ0v) is 17.6. The lowest BCUT2D eigenvalue weighted by atomic mass is 10.0. The average molecular weight is 411 g/mol. The molecule has 1 saturated heterocycles. The summed E-state index contributed by atoms with van der Waals surface area (Å²) in [6.45, 7) is 5.03. The third kappa shape index (κ3) is 6.04. The molecule has 0 bridgehead atoms. The summed E-state index contributed by atoms with van der Waals surface area (Å²) in [5.41, 5.74) is 0.684. The molecule has 1 fully saturated rings. The highest BCUT2D eigenvalue weighted by Crippen LogP contribution is 2.21. The maximum Gasteiger partial charge on any atom is 0.328 e. The van der Waals surface area contributed by atoms with Crippen molar-refractivity contribution in [2.45, 2.75) is 56.9 Å². The van der Waals surface area contributed by atoms with Gasteiger partial charge in [0.1, 0.15) is 6.04 Å². The zero-order chi connectivity index (χ0) is 20.7. The van der Waals surface area contributed by atoms with E-state index in [1.54, 1.807) is 24.3 Å². The van der Waals surface area contributed by atoms with Crippen LogP contribution in [0.15, 0.2) is 29.2 Å². The lowest BCUT2D eigenvalue weighted by Gasteiger charge is -2.25. The Balaban J connectivity index is 2.01. The Morgan fingerprint density at radius 3 is 2.25 bits per heavy atom. The van der Waals surface area contributed by atoms with Crippen molar-refractivity contribution in [1.29, 1.82) is 0 Å². The van der Waals surface area contributed by atoms with Crippen LogP contribution in [0.4, 0.5) is 0 Å². The van der Waals surface area contributed by atoms with E-state index in [1.807, 2.05) is 13.8 Å². The minimum atomic E-state index is -3.48. The third-order valence-electron chi connectivity index (χ3n) is 4.77. The van der Waals surface area contributed by atoms with Crippen molar-refractivity contribution < 1.29 is 22.7 Å². The number of benzene rings is 1. The van der Waals surface area contributed by atoms with E-state index in [1.165, 1.54) is 11.4 Å². The number of methoxy groups -OCH3 is 1. The number of hydrogen-bond acceptors (Lipinski definition) is 5. The number of ether oxygens (including phenoxy) is 1. The molecule has 1 heterocycles. The van der Waals surface area contributed by atoms with Crippen LogP contribution in [0.2, 0.25) is 0 Å². The molecule has 1 atom stereocenters. The number of sulfonamides is 1. The van der Waals surface area contributed by atoms with E-state index in [2.05, 4.69) is 5.32 Å². The van der Waals surface area contributed by atoms with Gasteiger partial charge in [-0.2, -0.15) is 4.31 Å².